The number of likely N-dealkylation sites (tertiary alicyclic amines) is 1. The number of anilines is 1. The second kappa shape index (κ2) is 10.7. The van der Waals surface area contributed by atoms with Gasteiger partial charge in [0.25, 0.3) is 5.91 Å². The van der Waals surface area contributed by atoms with Crippen molar-refractivity contribution in [2.45, 2.75) is 51.4 Å². The van der Waals surface area contributed by atoms with Crippen LogP contribution in [-0.4, -0.2) is 49.4 Å². The number of carbonyl (C=O) groups excluding carboxylic acids is 2. The zero-order chi connectivity index (χ0) is 22.3. The summed E-state index contributed by atoms with van der Waals surface area (Å²) >= 11 is 0. The number of carbonyl (C=O) groups is 2. The minimum atomic E-state index is -0.396. The fourth-order valence-corrected chi connectivity index (χ4v) is 5.00. The molecule has 0 bridgehead atoms. The van der Waals surface area contributed by atoms with Gasteiger partial charge in [-0.1, -0.05) is 30.3 Å². The van der Waals surface area contributed by atoms with E-state index >= 15 is 0 Å². The number of hydrogen-bond donors (Lipinski definition) is 1. The maximum Gasteiger partial charge on any atom is 0.253 e. The molecule has 0 saturated carbocycles. The lowest BCUT2D eigenvalue weighted by atomic mass is 9.88. The van der Waals surface area contributed by atoms with E-state index in [1.165, 1.54) is 25.7 Å². The van der Waals surface area contributed by atoms with E-state index in [1.807, 2.05) is 42.2 Å². The van der Waals surface area contributed by atoms with Gasteiger partial charge in [0, 0.05) is 44.0 Å². The SMILES string of the molecule is CCNC(=O)C(c1ccc(C(=O)N2CCCCC2)cc1)c1ccccc1N1CCCCC1. The summed E-state index contributed by atoms with van der Waals surface area (Å²) in [4.78, 5) is 30.5. The molecule has 32 heavy (non-hydrogen) atoms. The summed E-state index contributed by atoms with van der Waals surface area (Å²) in [5, 5.41) is 3.03. The van der Waals surface area contributed by atoms with E-state index in [9.17, 15) is 9.59 Å². The molecule has 5 nitrogen and oxygen atoms in total. The molecule has 0 aliphatic carbocycles. The summed E-state index contributed by atoms with van der Waals surface area (Å²) in [5.74, 6) is -0.293. The van der Waals surface area contributed by atoms with Gasteiger partial charge >= 0.3 is 0 Å². The second-order valence-corrected chi connectivity index (χ2v) is 8.91. The van der Waals surface area contributed by atoms with Crippen molar-refractivity contribution in [3.63, 3.8) is 0 Å². The van der Waals surface area contributed by atoms with Crippen molar-refractivity contribution in [3.8, 4) is 0 Å². The number of rotatable bonds is 6. The van der Waals surface area contributed by atoms with Crippen LogP contribution in [0.15, 0.2) is 48.5 Å². The van der Waals surface area contributed by atoms with Gasteiger partial charge in [-0.2, -0.15) is 0 Å². The van der Waals surface area contributed by atoms with Crippen molar-refractivity contribution in [1.29, 1.82) is 0 Å². The van der Waals surface area contributed by atoms with E-state index in [0.29, 0.717) is 12.1 Å². The molecule has 4 rings (SSSR count). The largest absolute Gasteiger partial charge is 0.371 e. The molecule has 170 valence electrons. The van der Waals surface area contributed by atoms with Crippen LogP contribution in [-0.2, 0) is 4.79 Å². The van der Waals surface area contributed by atoms with Gasteiger partial charge in [0.15, 0.2) is 0 Å². The number of benzene rings is 2. The van der Waals surface area contributed by atoms with Crippen molar-refractivity contribution >= 4 is 17.5 Å². The highest BCUT2D eigenvalue weighted by atomic mass is 16.2. The highest BCUT2D eigenvalue weighted by molar-refractivity contribution is 5.95. The van der Waals surface area contributed by atoms with Crippen LogP contribution < -0.4 is 10.2 Å². The lowest BCUT2D eigenvalue weighted by Gasteiger charge is -2.32. The zero-order valence-corrected chi connectivity index (χ0v) is 19.2. The van der Waals surface area contributed by atoms with Crippen molar-refractivity contribution < 1.29 is 9.59 Å². The summed E-state index contributed by atoms with van der Waals surface area (Å²) < 4.78 is 0. The third kappa shape index (κ3) is 4.98. The second-order valence-electron chi connectivity index (χ2n) is 8.91. The minimum Gasteiger partial charge on any atom is -0.371 e. The van der Waals surface area contributed by atoms with Gasteiger partial charge < -0.3 is 15.1 Å². The Labute approximate surface area is 191 Å². The quantitative estimate of drug-likeness (QED) is 0.726. The van der Waals surface area contributed by atoms with E-state index in [-0.39, 0.29) is 11.8 Å². The topological polar surface area (TPSA) is 52.7 Å². The molecular formula is C27H35N3O2. The van der Waals surface area contributed by atoms with E-state index in [0.717, 1.165) is 55.8 Å². The van der Waals surface area contributed by atoms with Crippen molar-refractivity contribution in [1.82, 2.24) is 10.2 Å². The highest BCUT2D eigenvalue weighted by Gasteiger charge is 2.27. The average Bonchev–Trinajstić information content (AvgIpc) is 2.86. The maximum absolute atomic E-state index is 13.2. The summed E-state index contributed by atoms with van der Waals surface area (Å²) in [6, 6.07) is 16.0. The molecule has 1 unspecified atom stereocenters. The molecule has 0 radical (unpaired) electrons. The number of nitrogens with zero attached hydrogens (tertiary/aromatic N) is 2. The first-order valence-electron chi connectivity index (χ1n) is 12.2. The third-order valence-corrected chi connectivity index (χ3v) is 6.69. The Morgan fingerprint density at radius 1 is 0.844 bits per heavy atom. The van der Waals surface area contributed by atoms with E-state index < -0.39 is 5.92 Å². The highest BCUT2D eigenvalue weighted by Crippen LogP contribution is 2.34. The van der Waals surface area contributed by atoms with E-state index in [1.54, 1.807) is 0 Å². The summed E-state index contributed by atoms with van der Waals surface area (Å²) in [6.07, 6.45) is 7.01. The Balaban J connectivity index is 1.64. The number of para-hydroxylation sites is 1. The fourth-order valence-electron chi connectivity index (χ4n) is 5.00. The minimum absolute atomic E-state index is 0.00654. The molecule has 1 N–H and O–H groups in total. The molecule has 2 aliphatic heterocycles. The summed E-state index contributed by atoms with van der Waals surface area (Å²) in [5.41, 5.74) is 3.82. The molecule has 2 aromatic carbocycles. The fraction of sp³-hybridized carbons (Fsp3) is 0.481. The molecule has 2 aliphatic rings. The predicted octanol–water partition coefficient (Wildman–Crippen LogP) is 4.57. The first-order valence-corrected chi connectivity index (χ1v) is 12.2. The molecule has 2 saturated heterocycles. The maximum atomic E-state index is 13.2. The average molecular weight is 434 g/mol. The van der Waals surface area contributed by atoms with Crippen molar-refractivity contribution in [2.24, 2.45) is 0 Å². The van der Waals surface area contributed by atoms with Gasteiger partial charge in [-0.25, -0.2) is 0 Å². The number of piperidine rings is 2. The van der Waals surface area contributed by atoms with E-state index in [2.05, 4.69) is 28.4 Å². The van der Waals surface area contributed by atoms with Gasteiger partial charge in [0.1, 0.15) is 0 Å². The monoisotopic (exact) mass is 433 g/mol. The Bertz CT molecular complexity index is 913. The Morgan fingerprint density at radius 2 is 1.47 bits per heavy atom. The molecule has 2 heterocycles. The van der Waals surface area contributed by atoms with Crippen LogP contribution in [0.5, 0.6) is 0 Å². The Morgan fingerprint density at radius 3 is 2.12 bits per heavy atom. The van der Waals surface area contributed by atoms with Gasteiger partial charge in [-0.3, -0.25) is 9.59 Å². The van der Waals surface area contributed by atoms with Crippen LogP contribution in [0.3, 0.4) is 0 Å². The van der Waals surface area contributed by atoms with Gasteiger partial charge in [-0.05, 0) is 74.8 Å². The Kier molecular flexibility index (Phi) is 7.46. The van der Waals surface area contributed by atoms with Crippen LogP contribution in [0.25, 0.3) is 0 Å². The number of amides is 2. The molecule has 1 atom stereocenters. The molecule has 2 aromatic rings. The molecule has 5 heteroatoms. The van der Waals surface area contributed by atoms with Gasteiger partial charge in [-0.15, -0.1) is 0 Å². The third-order valence-electron chi connectivity index (χ3n) is 6.69. The molecule has 2 fully saturated rings. The lowest BCUT2D eigenvalue weighted by molar-refractivity contribution is -0.121. The van der Waals surface area contributed by atoms with Gasteiger partial charge in [0.05, 0.1) is 5.92 Å². The van der Waals surface area contributed by atoms with Crippen LogP contribution in [0, 0.1) is 0 Å². The molecular weight excluding hydrogens is 398 g/mol. The summed E-state index contributed by atoms with van der Waals surface area (Å²) in [6.45, 7) is 6.28. The van der Waals surface area contributed by atoms with Gasteiger partial charge in [0.2, 0.25) is 5.91 Å². The predicted molar refractivity (Wildman–Crippen MR) is 129 cm³/mol. The molecule has 0 aromatic heterocycles. The Hall–Kier alpha value is -2.82. The first kappa shape index (κ1) is 22.4. The lowest BCUT2D eigenvalue weighted by Crippen LogP contribution is -2.35. The molecule has 0 spiro atoms. The standard InChI is InChI=1S/C27H35N3O2/c1-2-28-26(31)25(23-11-5-6-12-24(23)29-17-7-3-8-18-29)21-13-15-22(16-14-21)27(32)30-19-9-4-10-20-30/h5-6,11-16,25H,2-4,7-10,17-20H2,1H3,(H,28,31). The van der Waals surface area contributed by atoms with Crippen LogP contribution in [0.4, 0.5) is 5.69 Å². The molecule has 2 amide bonds. The first-order chi connectivity index (χ1) is 15.7. The van der Waals surface area contributed by atoms with Crippen LogP contribution in [0.1, 0.15) is 72.9 Å². The normalized spacial score (nSPS) is 17.7. The summed E-state index contributed by atoms with van der Waals surface area (Å²) in [7, 11) is 0. The number of likely N-dealkylation sites (N-methyl/N-ethyl adjacent to an activating group) is 1. The smallest absolute Gasteiger partial charge is 0.253 e. The zero-order valence-electron chi connectivity index (χ0n) is 19.2. The van der Waals surface area contributed by atoms with Crippen molar-refractivity contribution in [3.05, 3.63) is 65.2 Å². The van der Waals surface area contributed by atoms with Crippen molar-refractivity contribution in [2.75, 3.05) is 37.6 Å². The number of nitrogens with one attached hydrogen (secondary N) is 1. The van der Waals surface area contributed by atoms with Crippen LogP contribution >= 0.6 is 0 Å². The number of hydrogen-bond acceptors (Lipinski definition) is 3. The van der Waals surface area contributed by atoms with E-state index in [4.69, 9.17) is 0 Å². The van der Waals surface area contributed by atoms with Crippen LogP contribution in [0.2, 0.25) is 0 Å².